The standard InChI is InChI=1S/C12H20N2O4S/c1-8(15)9-2-4-13(5-3-9)12(18)14-7-19-6-10(14)11(16)17/h8-10,15H,2-7H2,1H3,(H,16,17)/t8?,10-/m0/s1. The van der Waals surface area contributed by atoms with E-state index < -0.39 is 12.0 Å². The lowest BCUT2D eigenvalue weighted by molar-refractivity contribution is -0.141. The summed E-state index contributed by atoms with van der Waals surface area (Å²) in [5.41, 5.74) is 0. The summed E-state index contributed by atoms with van der Waals surface area (Å²) in [6.07, 6.45) is 1.22. The van der Waals surface area contributed by atoms with Crippen LogP contribution in [0.2, 0.25) is 0 Å². The van der Waals surface area contributed by atoms with Gasteiger partial charge in [0.05, 0.1) is 12.0 Å². The summed E-state index contributed by atoms with van der Waals surface area (Å²) in [7, 11) is 0. The number of urea groups is 1. The smallest absolute Gasteiger partial charge is 0.327 e. The molecule has 0 saturated carbocycles. The van der Waals surface area contributed by atoms with Crippen molar-refractivity contribution < 1.29 is 19.8 Å². The number of hydrogen-bond acceptors (Lipinski definition) is 4. The molecule has 6 nitrogen and oxygen atoms in total. The SMILES string of the molecule is CC(O)C1CCN(C(=O)N2CSC[C@H]2C(=O)O)CC1. The normalized spacial score (nSPS) is 26.5. The summed E-state index contributed by atoms with van der Waals surface area (Å²) < 4.78 is 0. The summed E-state index contributed by atoms with van der Waals surface area (Å²) >= 11 is 1.47. The number of amides is 2. The molecule has 1 unspecified atom stereocenters. The largest absolute Gasteiger partial charge is 0.480 e. The Morgan fingerprint density at radius 1 is 1.32 bits per heavy atom. The molecule has 7 heteroatoms. The van der Waals surface area contributed by atoms with Gasteiger partial charge in [-0.3, -0.25) is 0 Å². The Hall–Kier alpha value is -0.950. The van der Waals surface area contributed by atoms with Gasteiger partial charge in [-0.15, -0.1) is 11.8 Å². The van der Waals surface area contributed by atoms with E-state index >= 15 is 0 Å². The molecule has 0 aliphatic carbocycles. The molecule has 19 heavy (non-hydrogen) atoms. The van der Waals surface area contributed by atoms with Crippen molar-refractivity contribution in [1.82, 2.24) is 9.80 Å². The van der Waals surface area contributed by atoms with Crippen LogP contribution in [0.4, 0.5) is 4.79 Å². The van der Waals surface area contributed by atoms with Gasteiger partial charge in [0.15, 0.2) is 0 Å². The Bertz CT molecular complexity index is 356. The second-order valence-corrected chi connectivity index (χ2v) is 6.17. The van der Waals surface area contributed by atoms with Crippen LogP contribution in [0.1, 0.15) is 19.8 Å². The maximum atomic E-state index is 12.3. The monoisotopic (exact) mass is 288 g/mol. The van der Waals surface area contributed by atoms with E-state index in [0.717, 1.165) is 12.8 Å². The number of aliphatic carboxylic acids is 1. The lowest BCUT2D eigenvalue weighted by Crippen LogP contribution is -2.51. The van der Waals surface area contributed by atoms with Crippen molar-refractivity contribution in [2.75, 3.05) is 24.7 Å². The maximum Gasteiger partial charge on any atom is 0.327 e. The molecule has 2 aliphatic rings. The van der Waals surface area contributed by atoms with Gasteiger partial charge < -0.3 is 20.0 Å². The van der Waals surface area contributed by atoms with Crippen LogP contribution in [-0.4, -0.2) is 68.9 Å². The predicted octanol–water partition coefficient (Wildman–Crippen LogP) is 0.659. The van der Waals surface area contributed by atoms with Crippen LogP contribution < -0.4 is 0 Å². The third-order valence-electron chi connectivity index (χ3n) is 3.91. The van der Waals surface area contributed by atoms with Crippen LogP contribution in [-0.2, 0) is 4.79 Å². The average Bonchev–Trinajstić information content (AvgIpc) is 2.87. The molecule has 2 aliphatic heterocycles. The first-order chi connectivity index (χ1) is 9.00. The zero-order valence-electron chi connectivity index (χ0n) is 11.0. The third kappa shape index (κ3) is 3.14. The molecular weight excluding hydrogens is 268 g/mol. The van der Waals surface area contributed by atoms with Gasteiger partial charge in [-0.25, -0.2) is 9.59 Å². The molecule has 2 heterocycles. The van der Waals surface area contributed by atoms with E-state index in [-0.39, 0.29) is 18.1 Å². The minimum Gasteiger partial charge on any atom is -0.480 e. The van der Waals surface area contributed by atoms with E-state index in [9.17, 15) is 14.7 Å². The number of aliphatic hydroxyl groups excluding tert-OH is 1. The van der Waals surface area contributed by atoms with Gasteiger partial charge in [-0.05, 0) is 25.7 Å². The van der Waals surface area contributed by atoms with E-state index in [1.807, 2.05) is 0 Å². The summed E-state index contributed by atoms with van der Waals surface area (Å²) in [5.74, 6) is 0.224. The summed E-state index contributed by atoms with van der Waals surface area (Å²) in [6, 6.07) is -0.881. The van der Waals surface area contributed by atoms with Crippen molar-refractivity contribution >= 4 is 23.8 Å². The lowest BCUT2D eigenvalue weighted by Gasteiger charge is -2.36. The highest BCUT2D eigenvalue weighted by Crippen LogP contribution is 2.26. The molecule has 0 aromatic carbocycles. The topological polar surface area (TPSA) is 81.1 Å². The molecule has 108 valence electrons. The first-order valence-corrected chi connectivity index (χ1v) is 7.70. The van der Waals surface area contributed by atoms with Crippen molar-refractivity contribution in [1.29, 1.82) is 0 Å². The van der Waals surface area contributed by atoms with Crippen molar-refractivity contribution in [3.63, 3.8) is 0 Å². The third-order valence-corrected chi connectivity index (χ3v) is 4.92. The fraction of sp³-hybridized carbons (Fsp3) is 0.833. The Balaban J connectivity index is 1.92. The molecule has 0 bridgehead atoms. The van der Waals surface area contributed by atoms with Crippen LogP contribution in [0.3, 0.4) is 0 Å². The molecule has 0 radical (unpaired) electrons. The number of carbonyl (C=O) groups excluding carboxylic acids is 1. The fourth-order valence-corrected chi connectivity index (χ4v) is 3.73. The minimum absolute atomic E-state index is 0.179. The minimum atomic E-state index is -0.933. The van der Waals surface area contributed by atoms with E-state index in [4.69, 9.17) is 5.11 Å². The van der Waals surface area contributed by atoms with Crippen LogP contribution in [0.15, 0.2) is 0 Å². The number of aliphatic hydroxyl groups is 1. The average molecular weight is 288 g/mol. The van der Waals surface area contributed by atoms with Crippen molar-refractivity contribution in [2.24, 2.45) is 5.92 Å². The van der Waals surface area contributed by atoms with Gasteiger partial charge >= 0.3 is 12.0 Å². The molecule has 2 N–H and O–H groups in total. The number of carbonyl (C=O) groups is 2. The number of piperidine rings is 1. The van der Waals surface area contributed by atoms with Crippen LogP contribution in [0.5, 0.6) is 0 Å². The first-order valence-electron chi connectivity index (χ1n) is 6.55. The van der Waals surface area contributed by atoms with Gasteiger partial charge in [0, 0.05) is 18.8 Å². The first kappa shape index (κ1) is 14.5. The van der Waals surface area contributed by atoms with Gasteiger partial charge in [-0.1, -0.05) is 0 Å². The molecule has 0 spiro atoms. The predicted molar refractivity (Wildman–Crippen MR) is 72.0 cm³/mol. The quantitative estimate of drug-likeness (QED) is 0.780. The summed E-state index contributed by atoms with van der Waals surface area (Å²) in [6.45, 7) is 2.98. The maximum absolute atomic E-state index is 12.3. The Morgan fingerprint density at radius 3 is 2.47 bits per heavy atom. The lowest BCUT2D eigenvalue weighted by atomic mass is 9.92. The highest BCUT2D eigenvalue weighted by Gasteiger charge is 2.37. The van der Waals surface area contributed by atoms with Gasteiger partial charge in [0.1, 0.15) is 6.04 Å². The number of rotatable bonds is 2. The van der Waals surface area contributed by atoms with Crippen LogP contribution in [0, 0.1) is 5.92 Å². The highest BCUT2D eigenvalue weighted by molar-refractivity contribution is 7.99. The molecule has 0 aromatic heterocycles. The zero-order valence-corrected chi connectivity index (χ0v) is 11.8. The Kier molecular flexibility index (Phi) is 4.57. The van der Waals surface area contributed by atoms with Crippen molar-refractivity contribution in [3.8, 4) is 0 Å². The number of carboxylic acid groups (broad SMARTS) is 1. The van der Waals surface area contributed by atoms with Gasteiger partial charge in [0.25, 0.3) is 0 Å². The number of thioether (sulfide) groups is 1. The summed E-state index contributed by atoms with van der Waals surface area (Å²) in [5, 5.41) is 18.6. The Labute approximate surface area is 116 Å². The van der Waals surface area contributed by atoms with E-state index in [1.54, 1.807) is 11.8 Å². The van der Waals surface area contributed by atoms with E-state index in [1.165, 1.54) is 16.7 Å². The molecule has 2 rings (SSSR count). The second kappa shape index (κ2) is 6.00. The number of nitrogens with zero attached hydrogens (tertiary/aromatic N) is 2. The number of likely N-dealkylation sites (tertiary alicyclic amines) is 1. The number of carboxylic acids is 1. The molecule has 0 aromatic rings. The van der Waals surface area contributed by atoms with Crippen LogP contribution in [0.25, 0.3) is 0 Å². The highest BCUT2D eigenvalue weighted by atomic mass is 32.2. The van der Waals surface area contributed by atoms with Gasteiger partial charge in [-0.2, -0.15) is 0 Å². The molecule has 2 atom stereocenters. The second-order valence-electron chi connectivity index (χ2n) is 5.17. The molecule has 2 amide bonds. The molecular formula is C12H20N2O4S. The number of hydrogen-bond donors (Lipinski definition) is 2. The summed E-state index contributed by atoms with van der Waals surface area (Å²) in [4.78, 5) is 26.5. The fourth-order valence-electron chi connectivity index (χ4n) is 2.59. The molecule has 2 fully saturated rings. The Morgan fingerprint density at radius 2 is 1.95 bits per heavy atom. The van der Waals surface area contributed by atoms with Crippen molar-refractivity contribution in [3.05, 3.63) is 0 Å². The zero-order chi connectivity index (χ0) is 14.0. The van der Waals surface area contributed by atoms with Crippen molar-refractivity contribution in [2.45, 2.75) is 31.9 Å². The van der Waals surface area contributed by atoms with Crippen LogP contribution >= 0.6 is 11.8 Å². The van der Waals surface area contributed by atoms with E-state index in [0.29, 0.717) is 24.7 Å². The van der Waals surface area contributed by atoms with E-state index in [2.05, 4.69) is 0 Å². The van der Waals surface area contributed by atoms with Gasteiger partial charge in [0.2, 0.25) is 0 Å². The molecule has 2 saturated heterocycles.